The number of amides is 1. The van der Waals surface area contributed by atoms with Crippen LogP contribution in [-0.2, 0) is 21.1 Å². The molecular formula is C17H23N3O4S2. The molecule has 1 unspecified atom stereocenters. The van der Waals surface area contributed by atoms with Crippen LogP contribution in [0.3, 0.4) is 0 Å². The average molecular weight is 398 g/mol. The second-order valence-electron chi connectivity index (χ2n) is 6.52. The molecule has 1 amide bonds. The minimum Gasteiger partial charge on any atom is -0.339 e. The van der Waals surface area contributed by atoms with Crippen molar-refractivity contribution in [1.29, 1.82) is 0 Å². The van der Waals surface area contributed by atoms with Crippen molar-refractivity contribution in [2.24, 2.45) is 0 Å². The molecule has 142 valence electrons. The Balaban J connectivity index is 1.60. The van der Waals surface area contributed by atoms with Gasteiger partial charge in [-0.05, 0) is 24.3 Å². The van der Waals surface area contributed by atoms with Crippen molar-refractivity contribution >= 4 is 27.1 Å². The molecular weight excluding hydrogens is 374 g/mol. The van der Waals surface area contributed by atoms with Gasteiger partial charge in [-0.2, -0.15) is 16.3 Å². The molecule has 1 saturated heterocycles. The lowest BCUT2D eigenvalue weighted by molar-refractivity contribution is -0.133. The van der Waals surface area contributed by atoms with Gasteiger partial charge in [0.1, 0.15) is 0 Å². The van der Waals surface area contributed by atoms with E-state index in [0.717, 1.165) is 18.4 Å². The van der Waals surface area contributed by atoms with Crippen LogP contribution in [0.15, 0.2) is 21.3 Å². The van der Waals surface area contributed by atoms with Crippen LogP contribution in [0.5, 0.6) is 0 Å². The molecule has 1 aliphatic heterocycles. The molecule has 0 radical (unpaired) electrons. The highest BCUT2D eigenvalue weighted by Crippen LogP contribution is 2.21. The molecule has 26 heavy (non-hydrogen) atoms. The van der Waals surface area contributed by atoms with Gasteiger partial charge in [0, 0.05) is 36.4 Å². The van der Waals surface area contributed by atoms with E-state index in [0.29, 0.717) is 31.1 Å². The van der Waals surface area contributed by atoms with Crippen molar-refractivity contribution < 1.29 is 17.7 Å². The zero-order valence-corrected chi connectivity index (χ0v) is 16.4. The molecule has 1 atom stereocenters. The maximum absolute atomic E-state index is 12.7. The predicted molar refractivity (Wildman–Crippen MR) is 99.6 cm³/mol. The first kappa shape index (κ1) is 19.0. The molecule has 0 aromatic carbocycles. The van der Waals surface area contributed by atoms with Crippen LogP contribution in [0.2, 0.25) is 0 Å². The molecule has 0 bridgehead atoms. The third-order valence-corrected chi connectivity index (χ3v) is 6.96. The van der Waals surface area contributed by atoms with Gasteiger partial charge in [0.2, 0.25) is 17.6 Å². The van der Waals surface area contributed by atoms with Crippen LogP contribution < -0.4 is 0 Å². The number of aromatic nitrogens is 2. The fourth-order valence-electron chi connectivity index (χ4n) is 3.08. The Morgan fingerprint density at radius 1 is 1.46 bits per heavy atom. The number of aryl methyl sites for hydroxylation is 1. The average Bonchev–Trinajstić information content (AvgIpc) is 3.33. The summed E-state index contributed by atoms with van der Waals surface area (Å²) in [6.45, 7) is 2.65. The van der Waals surface area contributed by atoms with E-state index in [1.165, 1.54) is 0 Å². The molecule has 9 heteroatoms. The number of carbonyl (C=O) groups excluding carboxylic acids is 1. The van der Waals surface area contributed by atoms with E-state index in [9.17, 15) is 13.2 Å². The molecule has 2 aromatic heterocycles. The third kappa shape index (κ3) is 4.70. The van der Waals surface area contributed by atoms with Crippen molar-refractivity contribution in [2.45, 2.75) is 45.1 Å². The van der Waals surface area contributed by atoms with E-state index in [1.54, 1.807) is 16.2 Å². The van der Waals surface area contributed by atoms with Gasteiger partial charge in [-0.15, -0.1) is 0 Å². The van der Waals surface area contributed by atoms with E-state index >= 15 is 0 Å². The quantitative estimate of drug-likeness (QED) is 0.679. The molecule has 2 aromatic rings. The Bertz CT molecular complexity index is 830. The van der Waals surface area contributed by atoms with Gasteiger partial charge in [-0.25, -0.2) is 8.42 Å². The maximum atomic E-state index is 12.7. The monoisotopic (exact) mass is 397 g/mol. The molecule has 3 heterocycles. The third-order valence-electron chi connectivity index (χ3n) is 4.52. The number of hydrogen-bond acceptors (Lipinski definition) is 7. The van der Waals surface area contributed by atoms with Gasteiger partial charge in [-0.3, -0.25) is 4.79 Å². The molecule has 0 saturated carbocycles. The largest absolute Gasteiger partial charge is 0.339 e. The normalized spacial score (nSPS) is 18.9. The van der Waals surface area contributed by atoms with E-state index in [4.69, 9.17) is 4.52 Å². The number of sulfone groups is 1. The van der Waals surface area contributed by atoms with Crippen LogP contribution in [0.4, 0.5) is 0 Å². The fraction of sp³-hybridized carbons (Fsp3) is 0.588. The predicted octanol–water partition coefficient (Wildman–Crippen LogP) is 2.55. The van der Waals surface area contributed by atoms with E-state index in [2.05, 4.69) is 17.1 Å². The Morgan fingerprint density at radius 2 is 2.31 bits per heavy atom. The summed E-state index contributed by atoms with van der Waals surface area (Å²) in [5.41, 5.74) is 0.900. The SMILES string of the molecule is CCCCN(C(=O)CCc1nc(-c2ccsc2)no1)C1CCS(=O)(=O)C1. The summed E-state index contributed by atoms with van der Waals surface area (Å²) in [7, 11) is -3.02. The summed E-state index contributed by atoms with van der Waals surface area (Å²) < 4.78 is 28.8. The second kappa shape index (κ2) is 8.30. The minimum atomic E-state index is -3.02. The number of thiophene rings is 1. The number of unbranched alkanes of at least 4 members (excludes halogenated alkanes) is 1. The zero-order valence-electron chi connectivity index (χ0n) is 14.8. The van der Waals surface area contributed by atoms with Crippen molar-refractivity contribution in [1.82, 2.24) is 15.0 Å². The molecule has 0 spiro atoms. The van der Waals surface area contributed by atoms with Crippen LogP contribution in [-0.4, -0.2) is 53.5 Å². The number of nitrogens with zero attached hydrogens (tertiary/aromatic N) is 3. The van der Waals surface area contributed by atoms with Gasteiger partial charge in [0.25, 0.3) is 0 Å². The Kier molecular flexibility index (Phi) is 6.08. The first-order valence-corrected chi connectivity index (χ1v) is 11.6. The first-order valence-electron chi connectivity index (χ1n) is 8.83. The van der Waals surface area contributed by atoms with Gasteiger partial charge >= 0.3 is 0 Å². The highest BCUT2D eigenvalue weighted by molar-refractivity contribution is 7.91. The summed E-state index contributed by atoms with van der Waals surface area (Å²) in [6.07, 6.45) is 2.95. The molecule has 0 aliphatic carbocycles. The van der Waals surface area contributed by atoms with E-state index < -0.39 is 9.84 Å². The van der Waals surface area contributed by atoms with Crippen LogP contribution in [0.25, 0.3) is 11.4 Å². The van der Waals surface area contributed by atoms with E-state index in [1.807, 2.05) is 16.8 Å². The van der Waals surface area contributed by atoms with E-state index in [-0.39, 0.29) is 29.9 Å². The number of hydrogen-bond donors (Lipinski definition) is 0. The number of rotatable bonds is 8. The molecule has 1 aliphatic rings. The summed E-state index contributed by atoms with van der Waals surface area (Å²) >= 11 is 1.56. The van der Waals surface area contributed by atoms with Crippen molar-refractivity contribution in [3.05, 3.63) is 22.7 Å². The van der Waals surface area contributed by atoms with Gasteiger partial charge in [0.05, 0.1) is 11.5 Å². The second-order valence-corrected chi connectivity index (χ2v) is 9.53. The lowest BCUT2D eigenvalue weighted by Crippen LogP contribution is -2.41. The highest BCUT2D eigenvalue weighted by Gasteiger charge is 2.34. The molecule has 3 rings (SSSR count). The van der Waals surface area contributed by atoms with Crippen molar-refractivity contribution in [3.63, 3.8) is 0 Å². The summed E-state index contributed by atoms with van der Waals surface area (Å²) in [5, 5.41) is 7.82. The lowest BCUT2D eigenvalue weighted by atomic mass is 10.1. The Morgan fingerprint density at radius 3 is 2.96 bits per heavy atom. The Labute approximate surface area is 157 Å². The van der Waals surface area contributed by atoms with Gasteiger partial charge < -0.3 is 9.42 Å². The van der Waals surface area contributed by atoms with Crippen molar-refractivity contribution in [3.8, 4) is 11.4 Å². The molecule has 0 N–H and O–H groups in total. The first-order chi connectivity index (χ1) is 12.5. The number of carbonyl (C=O) groups is 1. The molecule has 7 nitrogen and oxygen atoms in total. The summed E-state index contributed by atoms with van der Waals surface area (Å²) in [4.78, 5) is 18.8. The topological polar surface area (TPSA) is 93.4 Å². The lowest BCUT2D eigenvalue weighted by Gasteiger charge is -2.28. The molecule has 1 fully saturated rings. The standard InChI is InChI=1S/C17H23N3O4S2/c1-2-3-8-20(14-7-10-26(22,23)12-14)16(21)5-4-15-18-17(19-24-15)13-6-9-25-11-13/h6,9,11,14H,2-5,7-8,10,12H2,1H3. The zero-order chi connectivity index (χ0) is 18.6. The fourth-order valence-corrected chi connectivity index (χ4v) is 5.45. The highest BCUT2D eigenvalue weighted by atomic mass is 32.2. The van der Waals surface area contributed by atoms with Crippen LogP contribution >= 0.6 is 11.3 Å². The van der Waals surface area contributed by atoms with Gasteiger partial charge in [-0.1, -0.05) is 18.5 Å². The summed E-state index contributed by atoms with van der Waals surface area (Å²) in [5.74, 6) is 1.15. The smallest absolute Gasteiger partial charge is 0.227 e. The van der Waals surface area contributed by atoms with Crippen molar-refractivity contribution in [2.75, 3.05) is 18.1 Å². The van der Waals surface area contributed by atoms with Gasteiger partial charge in [0.15, 0.2) is 9.84 Å². The Hall–Kier alpha value is -1.74. The van der Waals surface area contributed by atoms with Crippen LogP contribution in [0, 0.1) is 0 Å². The maximum Gasteiger partial charge on any atom is 0.227 e. The minimum absolute atomic E-state index is 0.0455. The summed E-state index contributed by atoms with van der Waals surface area (Å²) in [6, 6.07) is 1.71. The van der Waals surface area contributed by atoms with Crippen LogP contribution in [0.1, 0.15) is 38.5 Å².